The van der Waals surface area contributed by atoms with Gasteiger partial charge in [-0.3, -0.25) is 4.79 Å². The first kappa shape index (κ1) is 13.5. The van der Waals surface area contributed by atoms with Crippen LogP contribution < -0.4 is 5.32 Å². The van der Waals surface area contributed by atoms with Crippen LogP contribution in [-0.4, -0.2) is 36.5 Å². The molecule has 1 rings (SSSR count). The fourth-order valence-electron chi connectivity index (χ4n) is 2.51. The first-order valence-corrected chi connectivity index (χ1v) is 6.68. The summed E-state index contributed by atoms with van der Waals surface area (Å²) in [4.78, 5) is 14.0. The molecule has 1 heterocycles. The van der Waals surface area contributed by atoms with E-state index in [1.54, 1.807) is 0 Å². The third-order valence-electron chi connectivity index (χ3n) is 3.37. The zero-order valence-electron chi connectivity index (χ0n) is 11.0. The van der Waals surface area contributed by atoms with Gasteiger partial charge in [-0.05, 0) is 32.2 Å². The zero-order chi connectivity index (χ0) is 12.0. The molecule has 1 N–H and O–H groups in total. The van der Waals surface area contributed by atoms with Gasteiger partial charge in [-0.2, -0.15) is 0 Å². The third kappa shape index (κ3) is 4.12. The Balaban J connectivity index is 2.27. The lowest BCUT2D eigenvalue weighted by atomic mass is 10.0. The van der Waals surface area contributed by atoms with E-state index in [2.05, 4.69) is 26.1 Å². The SMILES string of the molecule is CCCC1CCN(C(=O)CC(C)NCC)C1. The standard InChI is InChI=1S/C13H26N2O/c1-4-6-12-7-8-15(10-12)13(16)9-11(3)14-5-2/h11-12,14H,4-10H2,1-3H3. The van der Waals surface area contributed by atoms with Crippen molar-refractivity contribution in [2.75, 3.05) is 19.6 Å². The molecular weight excluding hydrogens is 200 g/mol. The molecule has 1 aliphatic rings. The Morgan fingerprint density at radius 2 is 2.25 bits per heavy atom. The second-order valence-corrected chi connectivity index (χ2v) is 4.95. The molecule has 1 aliphatic heterocycles. The Morgan fingerprint density at radius 3 is 2.88 bits per heavy atom. The molecule has 0 aromatic heterocycles. The van der Waals surface area contributed by atoms with Gasteiger partial charge < -0.3 is 10.2 Å². The van der Waals surface area contributed by atoms with E-state index in [1.807, 2.05) is 4.90 Å². The Morgan fingerprint density at radius 1 is 1.50 bits per heavy atom. The quantitative estimate of drug-likeness (QED) is 0.751. The average molecular weight is 226 g/mol. The first-order chi connectivity index (χ1) is 7.67. The van der Waals surface area contributed by atoms with Crippen molar-refractivity contribution in [1.29, 1.82) is 0 Å². The number of hydrogen-bond acceptors (Lipinski definition) is 2. The molecule has 2 unspecified atom stereocenters. The maximum atomic E-state index is 12.0. The van der Waals surface area contributed by atoms with Gasteiger partial charge in [-0.1, -0.05) is 20.3 Å². The van der Waals surface area contributed by atoms with Crippen molar-refractivity contribution < 1.29 is 4.79 Å². The van der Waals surface area contributed by atoms with Crippen LogP contribution in [-0.2, 0) is 4.79 Å². The van der Waals surface area contributed by atoms with E-state index >= 15 is 0 Å². The van der Waals surface area contributed by atoms with Gasteiger partial charge in [-0.25, -0.2) is 0 Å². The summed E-state index contributed by atoms with van der Waals surface area (Å²) in [6.45, 7) is 9.29. The van der Waals surface area contributed by atoms with Crippen LogP contribution in [0.3, 0.4) is 0 Å². The number of amides is 1. The van der Waals surface area contributed by atoms with Crippen LogP contribution in [0.4, 0.5) is 0 Å². The fourth-order valence-corrected chi connectivity index (χ4v) is 2.51. The second-order valence-electron chi connectivity index (χ2n) is 4.95. The second kappa shape index (κ2) is 6.89. The van der Waals surface area contributed by atoms with E-state index < -0.39 is 0 Å². The van der Waals surface area contributed by atoms with Crippen molar-refractivity contribution in [3.63, 3.8) is 0 Å². The summed E-state index contributed by atoms with van der Waals surface area (Å²) in [5, 5.41) is 3.29. The van der Waals surface area contributed by atoms with Crippen LogP contribution in [0.1, 0.15) is 46.5 Å². The highest BCUT2D eigenvalue weighted by Gasteiger charge is 2.25. The van der Waals surface area contributed by atoms with E-state index in [1.165, 1.54) is 19.3 Å². The molecule has 0 radical (unpaired) electrons. The van der Waals surface area contributed by atoms with Crippen LogP contribution >= 0.6 is 0 Å². The minimum atomic E-state index is 0.308. The van der Waals surface area contributed by atoms with Crippen molar-refractivity contribution in [2.45, 2.75) is 52.5 Å². The summed E-state index contributed by atoms with van der Waals surface area (Å²) in [5.74, 6) is 1.08. The lowest BCUT2D eigenvalue weighted by Crippen LogP contribution is -2.35. The summed E-state index contributed by atoms with van der Waals surface area (Å²) in [5.41, 5.74) is 0. The smallest absolute Gasteiger partial charge is 0.224 e. The van der Waals surface area contributed by atoms with Crippen LogP contribution in [0.15, 0.2) is 0 Å². The Kier molecular flexibility index (Phi) is 5.81. The monoisotopic (exact) mass is 226 g/mol. The van der Waals surface area contributed by atoms with Crippen molar-refractivity contribution in [3.8, 4) is 0 Å². The van der Waals surface area contributed by atoms with Gasteiger partial charge in [-0.15, -0.1) is 0 Å². The highest BCUT2D eigenvalue weighted by Crippen LogP contribution is 2.21. The van der Waals surface area contributed by atoms with Crippen molar-refractivity contribution in [3.05, 3.63) is 0 Å². The number of likely N-dealkylation sites (tertiary alicyclic amines) is 1. The predicted molar refractivity (Wildman–Crippen MR) is 67.4 cm³/mol. The average Bonchev–Trinajstić information content (AvgIpc) is 2.67. The maximum Gasteiger partial charge on any atom is 0.224 e. The Hall–Kier alpha value is -0.570. The minimum absolute atomic E-state index is 0.308. The molecule has 0 aromatic rings. The molecule has 3 nitrogen and oxygen atoms in total. The lowest BCUT2D eigenvalue weighted by Gasteiger charge is -2.19. The maximum absolute atomic E-state index is 12.0. The van der Waals surface area contributed by atoms with Crippen molar-refractivity contribution in [2.24, 2.45) is 5.92 Å². The molecule has 1 fully saturated rings. The highest BCUT2D eigenvalue weighted by molar-refractivity contribution is 5.77. The van der Waals surface area contributed by atoms with E-state index in [9.17, 15) is 4.79 Å². The summed E-state index contributed by atoms with van der Waals surface area (Å²) in [6, 6.07) is 0.308. The Labute approximate surface area is 99.6 Å². The number of hydrogen-bond donors (Lipinski definition) is 1. The minimum Gasteiger partial charge on any atom is -0.342 e. The molecule has 0 aromatic carbocycles. The molecular formula is C13H26N2O. The van der Waals surface area contributed by atoms with Crippen molar-refractivity contribution in [1.82, 2.24) is 10.2 Å². The van der Waals surface area contributed by atoms with Crippen LogP contribution in [0.2, 0.25) is 0 Å². The number of rotatable bonds is 6. The summed E-state index contributed by atoms with van der Waals surface area (Å²) in [7, 11) is 0. The summed E-state index contributed by atoms with van der Waals surface area (Å²) < 4.78 is 0. The van der Waals surface area contributed by atoms with Gasteiger partial charge >= 0.3 is 0 Å². The van der Waals surface area contributed by atoms with Crippen LogP contribution in [0.25, 0.3) is 0 Å². The van der Waals surface area contributed by atoms with Crippen LogP contribution in [0.5, 0.6) is 0 Å². The first-order valence-electron chi connectivity index (χ1n) is 6.68. The van der Waals surface area contributed by atoms with Gasteiger partial charge in [0.15, 0.2) is 0 Å². The van der Waals surface area contributed by atoms with Gasteiger partial charge in [0.1, 0.15) is 0 Å². The largest absolute Gasteiger partial charge is 0.342 e. The summed E-state index contributed by atoms with van der Waals surface area (Å²) in [6.07, 6.45) is 4.36. The highest BCUT2D eigenvalue weighted by atomic mass is 16.2. The van der Waals surface area contributed by atoms with E-state index in [0.29, 0.717) is 18.4 Å². The van der Waals surface area contributed by atoms with Crippen LogP contribution in [0, 0.1) is 5.92 Å². The normalized spacial score (nSPS) is 22.4. The van der Waals surface area contributed by atoms with E-state index in [0.717, 1.165) is 25.6 Å². The summed E-state index contributed by atoms with van der Waals surface area (Å²) >= 11 is 0. The molecule has 0 spiro atoms. The van der Waals surface area contributed by atoms with E-state index in [-0.39, 0.29) is 0 Å². The molecule has 0 saturated carbocycles. The van der Waals surface area contributed by atoms with Gasteiger partial charge in [0.05, 0.1) is 0 Å². The third-order valence-corrected chi connectivity index (χ3v) is 3.37. The number of nitrogens with one attached hydrogen (secondary N) is 1. The van der Waals surface area contributed by atoms with Gasteiger partial charge in [0, 0.05) is 25.6 Å². The number of carbonyl (C=O) groups is 1. The molecule has 94 valence electrons. The van der Waals surface area contributed by atoms with Gasteiger partial charge in [0.2, 0.25) is 5.91 Å². The molecule has 3 heteroatoms. The zero-order valence-corrected chi connectivity index (χ0v) is 11.0. The van der Waals surface area contributed by atoms with Crippen molar-refractivity contribution >= 4 is 5.91 Å². The molecule has 16 heavy (non-hydrogen) atoms. The van der Waals surface area contributed by atoms with E-state index in [4.69, 9.17) is 0 Å². The predicted octanol–water partition coefficient (Wildman–Crippen LogP) is 2.02. The molecule has 2 atom stereocenters. The fraction of sp³-hybridized carbons (Fsp3) is 0.923. The topological polar surface area (TPSA) is 32.3 Å². The van der Waals surface area contributed by atoms with Gasteiger partial charge in [0.25, 0.3) is 0 Å². The lowest BCUT2D eigenvalue weighted by molar-refractivity contribution is -0.130. The molecule has 1 amide bonds. The molecule has 0 bridgehead atoms. The number of carbonyl (C=O) groups excluding carboxylic acids is 1. The molecule has 1 saturated heterocycles. The molecule has 0 aliphatic carbocycles. The Bertz CT molecular complexity index is 218. The number of nitrogens with zero attached hydrogens (tertiary/aromatic N) is 1.